The molecule has 10 heteroatoms. The van der Waals surface area contributed by atoms with Gasteiger partial charge in [0.15, 0.2) is 16.6 Å². The molecule has 3 heterocycles. The molecule has 0 saturated carbocycles. The van der Waals surface area contributed by atoms with E-state index in [0.29, 0.717) is 34.6 Å². The van der Waals surface area contributed by atoms with Crippen molar-refractivity contribution in [1.82, 2.24) is 4.98 Å². The number of carbonyl (C=O) groups excluding carboxylic acids is 3. The molecule has 1 N–H and O–H groups in total. The highest BCUT2D eigenvalue weighted by Gasteiger charge is 2.36. The molecule has 1 aromatic carbocycles. The summed E-state index contributed by atoms with van der Waals surface area (Å²) in [5, 5.41) is 4.83. The van der Waals surface area contributed by atoms with Crippen molar-refractivity contribution >= 4 is 39.9 Å². The van der Waals surface area contributed by atoms with Gasteiger partial charge in [-0.25, -0.2) is 4.98 Å². The van der Waals surface area contributed by atoms with E-state index in [0.717, 1.165) is 0 Å². The Kier molecular flexibility index (Phi) is 5.34. The number of rotatable bonds is 6. The molecule has 152 valence electrons. The zero-order valence-corrected chi connectivity index (χ0v) is 16.5. The van der Waals surface area contributed by atoms with Crippen molar-refractivity contribution in [2.75, 3.05) is 30.2 Å². The third kappa shape index (κ3) is 4.16. The van der Waals surface area contributed by atoms with Crippen LogP contribution in [0.4, 0.5) is 10.8 Å². The van der Waals surface area contributed by atoms with E-state index in [1.54, 1.807) is 35.4 Å². The third-order valence-electron chi connectivity index (χ3n) is 4.58. The molecular weight excluding hydrogens is 398 g/mol. The second-order valence-electron chi connectivity index (χ2n) is 6.56. The molecule has 0 radical (unpaired) electrons. The maximum Gasteiger partial charge on any atom is 0.311 e. The third-order valence-corrected chi connectivity index (χ3v) is 5.38. The summed E-state index contributed by atoms with van der Waals surface area (Å²) in [6.45, 7) is 2.47. The molecule has 4 rings (SSSR count). The smallest absolute Gasteiger partial charge is 0.311 e. The van der Waals surface area contributed by atoms with Gasteiger partial charge in [-0.1, -0.05) is 0 Å². The fraction of sp³-hybridized carbons (Fsp3) is 0.368. The van der Waals surface area contributed by atoms with Crippen molar-refractivity contribution in [1.29, 1.82) is 0 Å². The molecule has 0 aliphatic carbocycles. The number of anilines is 2. The average Bonchev–Trinajstić information content (AvgIpc) is 3.41. The Balaban J connectivity index is 1.37. The molecule has 1 fully saturated rings. The summed E-state index contributed by atoms with van der Waals surface area (Å²) >= 11 is 1.23. The van der Waals surface area contributed by atoms with Crippen LogP contribution in [0.1, 0.15) is 19.0 Å². The lowest BCUT2D eigenvalue weighted by molar-refractivity contribution is -0.142. The number of thiazole rings is 1. The summed E-state index contributed by atoms with van der Waals surface area (Å²) in [5.74, 6) is -0.0521. The Morgan fingerprint density at radius 2 is 2.17 bits per heavy atom. The maximum absolute atomic E-state index is 12.6. The van der Waals surface area contributed by atoms with Crippen molar-refractivity contribution in [2.24, 2.45) is 5.92 Å². The first kappa shape index (κ1) is 19.2. The van der Waals surface area contributed by atoms with Crippen LogP contribution in [0.15, 0.2) is 23.6 Å². The predicted molar refractivity (Wildman–Crippen MR) is 104 cm³/mol. The van der Waals surface area contributed by atoms with Crippen LogP contribution >= 0.6 is 11.3 Å². The Hall–Kier alpha value is -3.14. The average molecular weight is 417 g/mol. The molecule has 2 amide bonds. The highest BCUT2D eigenvalue weighted by molar-refractivity contribution is 7.13. The molecule has 1 aromatic heterocycles. The molecule has 2 aliphatic heterocycles. The number of carbonyl (C=O) groups is 3. The lowest BCUT2D eigenvalue weighted by Crippen LogP contribution is -2.28. The summed E-state index contributed by atoms with van der Waals surface area (Å²) in [5.41, 5.74) is 1.20. The lowest BCUT2D eigenvalue weighted by Gasteiger charge is -2.17. The van der Waals surface area contributed by atoms with Gasteiger partial charge in [-0.2, -0.15) is 0 Å². The number of nitrogens with zero attached hydrogens (tertiary/aromatic N) is 2. The second kappa shape index (κ2) is 8.08. The van der Waals surface area contributed by atoms with Gasteiger partial charge in [-0.05, 0) is 19.1 Å². The van der Waals surface area contributed by atoms with Gasteiger partial charge in [0.1, 0.15) is 0 Å². The molecule has 29 heavy (non-hydrogen) atoms. The minimum atomic E-state index is -0.495. The van der Waals surface area contributed by atoms with Gasteiger partial charge in [0.2, 0.25) is 18.6 Å². The lowest BCUT2D eigenvalue weighted by atomic mass is 10.1. The molecule has 1 atom stereocenters. The van der Waals surface area contributed by atoms with Crippen molar-refractivity contribution in [2.45, 2.75) is 19.8 Å². The van der Waals surface area contributed by atoms with Crippen LogP contribution in [0.25, 0.3) is 0 Å². The Morgan fingerprint density at radius 3 is 3.00 bits per heavy atom. The van der Waals surface area contributed by atoms with Gasteiger partial charge >= 0.3 is 5.97 Å². The van der Waals surface area contributed by atoms with Gasteiger partial charge < -0.3 is 24.4 Å². The first-order chi connectivity index (χ1) is 14.0. The Morgan fingerprint density at radius 1 is 1.34 bits per heavy atom. The van der Waals surface area contributed by atoms with Gasteiger partial charge in [-0.15, -0.1) is 11.3 Å². The number of ether oxygens (including phenoxy) is 3. The van der Waals surface area contributed by atoms with E-state index in [1.807, 2.05) is 0 Å². The van der Waals surface area contributed by atoms with Crippen molar-refractivity contribution in [3.05, 3.63) is 29.3 Å². The number of nitrogens with one attached hydrogen (secondary N) is 1. The fourth-order valence-corrected chi connectivity index (χ4v) is 3.91. The van der Waals surface area contributed by atoms with Crippen molar-refractivity contribution in [3.8, 4) is 11.5 Å². The van der Waals surface area contributed by atoms with E-state index in [1.165, 1.54) is 11.3 Å². The largest absolute Gasteiger partial charge is 0.466 e. The van der Waals surface area contributed by atoms with Gasteiger partial charge in [0.05, 0.1) is 24.6 Å². The SMILES string of the molecule is CCOC(=O)Cc1csc(NC(=O)C2CC(=O)N(c3ccc4c(c3)OCO4)C2)n1. The summed E-state index contributed by atoms with van der Waals surface area (Å²) in [6.07, 6.45) is 0.168. The summed E-state index contributed by atoms with van der Waals surface area (Å²) in [4.78, 5) is 42.4. The number of esters is 1. The van der Waals surface area contributed by atoms with E-state index >= 15 is 0 Å². The summed E-state index contributed by atoms with van der Waals surface area (Å²) in [7, 11) is 0. The second-order valence-corrected chi connectivity index (χ2v) is 7.42. The van der Waals surface area contributed by atoms with Crippen molar-refractivity contribution < 1.29 is 28.6 Å². The standard InChI is InChI=1S/C19H19N3O6S/c1-2-26-17(24)6-12-9-29-19(20-12)21-18(25)11-5-16(23)22(8-11)13-3-4-14-15(7-13)28-10-27-14/h3-4,7,9,11H,2,5-6,8,10H2,1H3,(H,20,21,25). The zero-order valence-electron chi connectivity index (χ0n) is 15.7. The molecule has 1 saturated heterocycles. The molecule has 1 unspecified atom stereocenters. The van der Waals surface area contributed by atoms with E-state index < -0.39 is 5.92 Å². The Labute approximate surface area is 170 Å². The van der Waals surface area contributed by atoms with Gasteiger partial charge in [0, 0.05) is 30.1 Å². The summed E-state index contributed by atoms with van der Waals surface area (Å²) in [6, 6.07) is 5.26. The first-order valence-electron chi connectivity index (χ1n) is 9.14. The Bertz CT molecular complexity index is 959. The molecule has 2 aliphatic rings. The predicted octanol–water partition coefficient (Wildman–Crippen LogP) is 1.97. The minimum Gasteiger partial charge on any atom is -0.466 e. The number of aromatic nitrogens is 1. The first-order valence-corrected chi connectivity index (χ1v) is 10.0. The van der Waals surface area contributed by atoms with Crippen LogP contribution in [0.3, 0.4) is 0 Å². The van der Waals surface area contributed by atoms with Crippen LogP contribution in [0.2, 0.25) is 0 Å². The highest BCUT2D eigenvalue weighted by Crippen LogP contribution is 2.37. The number of amides is 2. The number of hydrogen-bond donors (Lipinski definition) is 1. The monoisotopic (exact) mass is 417 g/mol. The van der Waals surface area contributed by atoms with Crippen LogP contribution in [-0.2, 0) is 25.5 Å². The number of benzene rings is 1. The quantitative estimate of drug-likeness (QED) is 0.716. The zero-order chi connectivity index (χ0) is 20.4. The van der Waals surface area contributed by atoms with E-state index in [9.17, 15) is 14.4 Å². The van der Waals surface area contributed by atoms with Gasteiger partial charge in [-0.3, -0.25) is 14.4 Å². The number of fused-ring (bicyclic) bond motifs is 1. The normalized spacial score (nSPS) is 17.5. The molecular formula is C19H19N3O6S. The topological polar surface area (TPSA) is 107 Å². The maximum atomic E-state index is 12.6. The van der Waals surface area contributed by atoms with Crippen LogP contribution in [-0.4, -0.2) is 42.7 Å². The number of hydrogen-bond acceptors (Lipinski definition) is 8. The van der Waals surface area contributed by atoms with E-state index in [-0.39, 0.29) is 44.0 Å². The van der Waals surface area contributed by atoms with Crippen molar-refractivity contribution in [3.63, 3.8) is 0 Å². The fourth-order valence-electron chi connectivity index (χ4n) is 3.20. The highest BCUT2D eigenvalue weighted by atomic mass is 32.1. The van der Waals surface area contributed by atoms with Crippen LogP contribution in [0.5, 0.6) is 11.5 Å². The minimum absolute atomic E-state index is 0.0556. The van der Waals surface area contributed by atoms with Crippen LogP contribution < -0.4 is 19.7 Å². The van der Waals surface area contributed by atoms with E-state index in [4.69, 9.17) is 14.2 Å². The van der Waals surface area contributed by atoms with Crippen LogP contribution in [0, 0.1) is 5.92 Å². The molecule has 2 aromatic rings. The molecule has 9 nitrogen and oxygen atoms in total. The van der Waals surface area contributed by atoms with E-state index in [2.05, 4.69) is 10.3 Å². The molecule has 0 spiro atoms. The summed E-state index contributed by atoms with van der Waals surface area (Å²) < 4.78 is 15.5. The molecule has 0 bridgehead atoms. The van der Waals surface area contributed by atoms with Gasteiger partial charge in [0.25, 0.3) is 0 Å².